The summed E-state index contributed by atoms with van der Waals surface area (Å²) in [5, 5.41) is 6.89. The number of ether oxygens (including phenoxy) is 2. The van der Waals surface area contributed by atoms with E-state index in [1.54, 1.807) is 30.3 Å². The van der Waals surface area contributed by atoms with Gasteiger partial charge < -0.3 is 20.1 Å². The summed E-state index contributed by atoms with van der Waals surface area (Å²) >= 11 is 0.755. The van der Waals surface area contributed by atoms with Gasteiger partial charge in [-0.25, -0.2) is 0 Å². The third-order valence-corrected chi connectivity index (χ3v) is 7.41. The Labute approximate surface area is 246 Å². The Balaban J connectivity index is 1.22. The third-order valence-electron chi connectivity index (χ3n) is 6.50. The SMILES string of the molecule is COc1cc(/C=C2\SC(=O)N(CC(=O)Nc3cccc4ccccc34)C2=O)ccc1OCC(=O)Nc1ccccc1C. The molecular formula is C32H27N3O6S. The molecule has 4 amide bonds. The number of carbonyl (C=O) groups is 4. The maximum absolute atomic E-state index is 13.0. The van der Waals surface area contributed by atoms with Crippen molar-refractivity contribution in [2.24, 2.45) is 0 Å². The van der Waals surface area contributed by atoms with Crippen LogP contribution < -0.4 is 20.1 Å². The summed E-state index contributed by atoms with van der Waals surface area (Å²) in [4.78, 5) is 51.9. The fourth-order valence-electron chi connectivity index (χ4n) is 4.39. The number of imide groups is 1. The number of hydrogen-bond acceptors (Lipinski definition) is 7. The molecule has 1 aliphatic heterocycles. The highest BCUT2D eigenvalue weighted by Crippen LogP contribution is 2.35. The van der Waals surface area contributed by atoms with Gasteiger partial charge in [-0.3, -0.25) is 24.1 Å². The highest BCUT2D eigenvalue weighted by Gasteiger charge is 2.36. The highest BCUT2D eigenvalue weighted by atomic mass is 32.2. The van der Waals surface area contributed by atoms with Crippen LogP contribution in [0.1, 0.15) is 11.1 Å². The van der Waals surface area contributed by atoms with Crippen molar-refractivity contribution < 1.29 is 28.7 Å². The van der Waals surface area contributed by atoms with Gasteiger partial charge in [-0.1, -0.05) is 60.7 Å². The summed E-state index contributed by atoms with van der Waals surface area (Å²) in [7, 11) is 1.46. The predicted molar refractivity (Wildman–Crippen MR) is 164 cm³/mol. The highest BCUT2D eigenvalue weighted by molar-refractivity contribution is 8.18. The number of nitrogens with zero attached hydrogens (tertiary/aromatic N) is 1. The molecule has 5 rings (SSSR count). The number of para-hydroxylation sites is 1. The van der Waals surface area contributed by atoms with E-state index in [2.05, 4.69) is 10.6 Å². The van der Waals surface area contributed by atoms with E-state index in [4.69, 9.17) is 9.47 Å². The first-order valence-electron chi connectivity index (χ1n) is 13.0. The van der Waals surface area contributed by atoms with Crippen LogP contribution in [-0.2, 0) is 14.4 Å². The smallest absolute Gasteiger partial charge is 0.294 e. The van der Waals surface area contributed by atoms with Crippen molar-refractivity contribution >= 4 is 62.9 Å². The molecule has 0 radical (unpaired) electrons. The van der Waals surface area contributed by atoms with Crippen LogP contribution in [0.3, 0.4) is 0 Å². The second kappa shape index (κ2) is 12.6. The van der Waals surface area contributed by atoms with E-state index in [9.17, 15) is 19.2 Å². The first-order valence-corrected chi connectivity index (χ1v) is 13.8. The maximum atomic E-state index is 13.0. The van der Waals surface area contributed by atoms with E-state index in [-0.39, 0.29) is 17.4 Å². The average Bonchev–Trinajstić information content (AvgIpc) is 3.24. The van der Waals surface area contributed by atoms with Crippen LogP contribution in [0.5, 0.6) is 11.5 Å². The van der Waals surface area contributed by atoms with Gasteiger partial charge in [-0.2, -0.15) is 0 Å². The van der Waals surface area contributed by atoms with E-state index in [1.807, 2.05) is 67.6 Å². The zero-order chi connectivity index (χ0) is 29.6. The van der Waals surface area contributed by atoms with Crippen molar-refractivity contribution in [2.45, 2.75) is 6.92 Å². The molecule has 1 aliphatic rings. The zero-order valence-electron chi connectivity index (χ0n) is 22.9. The summed E-state index contributed by atoms with van der Waals surface area (Å²) in [5.41, 5.74) is 2.81. The molecule has 1 heterocycles. The van der Waals surface area contributed by atoms with Gasteiger partial charge in [0.1, 0.15) is 6.54 Å². The number of rotatable bonds is 9. The van der Waals surface area contributed by atoms with Gasteiger partial charge in [-0.05, 0) is 65.5 Å². The monoisotopic (exact) mass is 581 g/mol. The topological polar surface area (TPSA) is 114 Å². The van der Waals surface area contributed by atoms with Crippen LogP contribution in [0.15, 0.2) is 89.8 Å². The quantitative estimate of drug-likeness (QED) is 0.238. The summed E-state index contributed by atoms with van der Waals surface area (Å²) < 4.78 is 11.1. The minimum Gasteiger partial charge on any atom is -0.493 e. The molecule has 42 heavy (non-hydrogen) atoms. The maximum Gasteiger partial charge on any atom is 0.294 e. The van der Waals surface area contributed by atoms with Crippen LogP contribution >= 0.6 is 11.8 Å². The zero-order valence-corrected chi connectivity index (χ0v) is 23.7. The molecule has 0 aromatic heterocycles. The number of carbonyl (C=O) groups excluding carboxylic acids is 4. The predicted octanol–water partition coefficient (Wildman–Crippen LogP) is 5.85. The van der Waals surface area contributed by atoms with Crippen molar-refractivity contribution in [3.05, 3.63) is 101 Å². The Morgan fingerprint density at radius 2 is 1.57 bits per heavy atom. The van der Waals surface area contributed by atoms with Crippen molar-refractivity contribution in [1.82, 2.24) is 4.90 Å². The Morgan fingerprint density at radius 3 is 2.38 bits per heavy atom. The number of nitrogens with one attached hydrogen (secondary N) is 2. The van der Waals surface area contributed by atoms with Crippen LogP contribution in [0, 0.1) is 6.92 Å². The van der Waals surface area contributed by atoms with Gasteiger partial charge in [0, 0.05) is 16.8 Å². The molecule has 1 fully saturated rings. The first-order chi connectivity index (χ1) is 20.3. The van der Waals surface area contributed by atoms with E-state index in [0.717, 1.165) is 33.0 Å². The number of methoxy groups -OCH3 is 1. The van der Waals surface area contributed by atoms with Crippen LogP contribution in [-0.4, -0.2) is 48.1 Å². The Hall–Kier alpha value is -5.09. The molecule has 2 N–H and O–H groups in total. The second-order valence-corrected chi connectivity index (χ2v) is 10.4. The van der Waals surface area contributed by atoms with Gasteiger partial charge in [-0.15, -0.1) is 0 Å². The third kappa shape index (κ3) is 6.45. The largest absolute Gasteiger partial charge is 0.493 e. The molecule has 10 heteroatoms. The molecule has 0 aliphatic carbocycles. The Kier molecular flexibility index (Phi) is 8.54. The fraction of sp³-hybridized carbons (Fsp3) is 0.125. The molecule has 4 aromatic carbocycles. The van der Waals surface area contributed by atoms with Crippen molar-refractivity contribution in [3.63, 3.8) is 0 Å². The van der Waals surface area contributed by atoms with E-state index < -0.39 is 23.6 Å². The van der Waals surface area contributed by atoms with Crippen LogP contribution in [0.4, 0.5) is 16.2 Å². The number of benzene rings is 4. The average molecular weight is 582 g/mol. The number of amides is 4. The second-order valence-electron chi connectivity index (χ2n) is 9.40. The lowest BCUT2D eigenvalue weighted by atomic mass is 10.1. The van der Waals surface area contributed by atoms with Gasteiger partial charge in [0.25, 0.3) is 17.1 Å². The minimum atomic E-state index is -0.565. The Morgan fingerprint density at radius 1 is 0.857 bits per heavy atom. The van der Waals surface area contributed by atoms with Crippen molar-refractivity contribution in [2.75, 3.05) is 30.9 Å². The molecule has 0 bridgehead atoms. The van der Waals surface area contributed by atoms with Crippen molar-refractivity contribution in [1.29, 1.82) is 0 Å². The number of hydrogen-bond donors (Lipinski definition) is 2. The van der Waals surface area contributed by atoms with Crippen LogP contribution in [0.2, 0.25) is 0 Å². The van der Waals surface area contributed by atoms with Gasteiger partial charge in [0.2, 0.25) is 5.91 Å². The first kappa shape index (κ1) is 28.4. The molecular weight excluding hydrogens is 554 g/mol. The molecule has 9 nitrogen and oxygen atoms in total. The molecule has 0 saturated carbocycles. The molecule has 4 aromatic rings. The molecule has 1 saturated heterocycles. The lowest BCUT2D eigenvalue weighted by molar-refractivity contribution is -0.127. The van der Waals surface area contributed by atoms with Crippen molar-refractivity contribution in [3.8, 4) is 11.5 Å². The number of fused-ring (bicyclic) bond motifs is 1. The standard InChI is InChI=1S/C32H27N3O6S/c1-20-8-3-6-12-24(20)33-30(37)19-41-26-15-14-21(16-27(26)40-2)17-28-31(38)35(32(39)42-28)18-29(36)34-25-13-7-10-22-9-4-5-11-23(22)25/h3-17H,18-19H2,1-2H3,(H,33,37)(H,34,36)/b28-17-. The van der Waals surface area contributed by atoms with Gasteiger partial charge in [0.05, 0.1) is 12.0 Å². The van der Waals surface area contributed by atoms with Gasteiger partial charge in [0.15, 0.2) is 18.1 Å². The lowest BCUT2D eigenvalue weighted by Crippen LogP contribution is -2.36. The summed E-state index contributed by atoms with van der Waals surface area (Å²) in [6.07, 6.45) is 1.55. The molecule has 0 unspecified atom stereocenters. The number of thioether (sulfide) groups is 1. The summed E-state index contributed by atoms with van der Waals surface area (Å²) in [5.74, 6) is -0.683. The van der Waals surface area contributed by atoms with Gasteiger partial charge >= 0.3 is 0 Å². The minimum absolute atomic E-state index is 0.172. The van der Waals surface area contributed by atoms with E-state index in [0.29, 0.717) is 28.4 Å². The number of aryl methyl sites for hydroxylation is 1. The lowest BCUT2D eigenvalue weighted by Gasteiger charge is -2.14. The number of anilines is 2. The van der Waals surface area contributed by atoms with E-state index in [1.165, 1.54) is 7.11 Å². The molecule has 0 atom stereocenters. The van der Waals surface area contributed by atoms with Crippen LogP contribution in [0.25, 0.3) is 16.8 Å². The summed E-state index contributed by atoms with van der Waals surface area (Å²) in [6, 6.07) is 25.5. The Bertz CT molecular complexity index is 1730. The normalized spacial score (nSPS) is 13.9. The fourth-order valence-corrected chi connectivity index (χ4v) is 5.23. The summed E-state index contributed by atoms with van der Waals surface area (Å²) in [6.45, 7) is 1.25. The molecule has 0 spiro atoms. The molecule has 212 valence electrons. The van der Waals surface area contributed by atoms with E-state index >= 15 is 0 Å².